The zero-order chi connectivity index (χ0) is 25.4. The van der Waals surface area contributed by atoms with Gasteiger partial charge in [-0.3, -0.25) is 4.79 Å². The van der Waals surface area contributed by atoms with E-state index >= 15 is 0 Å². The first-order chi connectivity index (χ1) is 16.8. The summed E-state index contributed by atoms with van der Waals surface area (Å²) in [5, 5.41) is 12.3. The minimum atomic E-state index is -0.577. The predicted molar refractivity (Wildman–Crippen MR) is 145 cm³/mol. The number of benzene rings is 3. The maximum atomic E-state index is 12.7. The van der Waals surface area contributed by atoms with Crippen LogP contribution in [0.2, 0.25) is 0 Å². The summed E-state index contributed by atoms with van der Waals surface area (Å²) in [5.74, 6) is -0.0322. The van der Waals surface area contributed by atoms with Crippen LogP contribution >= 0.6 is 38.5 Å². The van der Waals surface area contributed by atoms with Gasteiger partial charge in [0, 0.05) is 9.26 Å². The van der Waals surface area contributed by atoms with Gasteiger partial charge in [-0.15, -0.1) is 0 Å². The summed E-state index contributed by atoms with van der Waals surface area (Å²) in [6, 6.07) is 18.9. The molecule has 9 heteroatoms. The summed E-state index contributed by atoms with van der Waals surface area (Å²) < 4.78 is 17.8. The number of hydrogen-bond donors (Lipinski definition) is 1. The van der Waals surface area contributed by atoms with E-state index in [1.807, 2.05) is 18.2 Å². The highest BCUT2D eigenvalue weighted by atomic mass is 127. The zero-order valence-corrected chi connectivity index (χ0v) is 22.5. The standard InChI is InChI=1S/C26H20BrIN2O5/c1-3-34-23-14-16(12-18(15-29)25(31)30-20-8-6-19(28)7-9-20)13-22(27)24(23)35-26(32)17-4-10-21(33-2)11-5-17/h4-14H,3H2,1-2H3,(H,30,31)/b18-12+. The lowest BCUT2D eigenvalue weighted by Gasteiger charge is -2.14. The topological polar surface area (TPSA) is 97.6 Å². The molecule has 0 bridgehead atoms. The van der Waals surface area contributed by atoms with Crippen LogP contribution in [0.15, 0.2) is 70.7 Å². The van der Waals surface area contributed by atoms with Gasteiger partial charge in [0.1, 0.15) is 17.4 Å². The van der Waals surface area contributed by atoms with Gasteiger partial charge in [-0.25, -0.2) is 4.79 Å². The van der Waals surface area contributed by atoms with Crippen LogP contribution in [0.25, 0.3) is 6.08 Å². The fraction of sp³-hybridized carbons (Fsp3) is 0.115. The molecule has 3 aromatic carbocycles. The number of carbonyl (C=O) groups excluding carboxylic acids is 2. The van der Waals surface area contributed by atoms with Crippen molar-refractivity contribution in [1.29, 1.82) is 5.26 Å². The van der Waals surface area contributed by atoms with E-state index < -0.39 is 11.9 Å². The molecule has 3 rings (SSSR count). The summed E-state index contributed by atoms with van der Waals surface area (Å²) in [6.45, 7) is 2.10. The number of ether oxygens (including phenoxy) is 3. The van der Waals surface area contributed by atoms with Gasteiger partial charge in [0.2, 0.25) is 0 Å². The number of nitrogens with one attached hydrogen (secondary N) is 1. The van der Waals surface area contributed by atoms with Gasteiger partial charge in [0.15, 0.2) is 11.5 Å². The molecule has 0 aromatic heterocycles. The number of nitriles is 1. The summed E-state index contributed by atoms with van der Waals surface area (Å²) >= 11 is 5.58. The maximum Gasteiger partial charge on any atom is 0.343 e. The molecule has 0 spiro atoms. The average molecular weight is 647 g/mol. The van der Waals surface area contributed by atoms with E-state index in [0.717, 1.165) is 3.57 Å². The van der Waals surface area contributed by atoms with Crippen LogP contribution in [-0.2, 0) is 4.79 Å². The third-order valence-electron chi connectivity index (χ3n) is 4.63. The van der Waals surface area contributed by atoms with Crippen molar-refractivity contribution in [1.82, 2.24) is 0 Å². The molecule has 1 amide bonds. The molecule has 0 aliphatic rings. The van der Waals surface area contributed by atoms with Crippen LogP contribution in [0, 0.1) is 14.9 Å². The van der Waals surface area contributed by atoms with Crippen molar-refractivity contribution >= 4 is 62.2 Å². The number of amides is 1. The van der Waals surface area contributed by atoms with Crippen LogP contribution in [0.3, 0.4) is 0 Å². The maximum absolute atomic E-state index is 12.7. The van der Waals surface area contributed by atoms with Gasteiger partial charge >= 0.3 is 5.97 Å². The Kier molecular flexibility index (Phi) is 9.28. The Morgan fingerprint density at radius 2 is 1.80 bits per heavy atom. The van der Waals surface area contributed by atoms with Crippen LogP contribution in [-0.4, -0.2) is 25.6 Å². The van der Waals surface area contributed by atoms with E-state index in [-0.39, 0.29) is 17.1 Å². The molecule has 0 aliphatic heterocycles. The van der Waals surface area contributed by atoms with Gasteiger partial charge in [0.05, 0.1) is 23.8 Å². The molecule has 0 saturated heterocycles. The van der Waals surface area contributed by atoms with Crippen molar-refractivity contribution in [3.05, 3.63) is 85.4 Å². The van der Waals surface area contributed by atoms with E-state index in [2.05, 4.69) is 43.8 Å². The number of hydrogen-bond acceptors (Lipinski definition) is 6. The Bertz CT molecular complexity index is 1300. The van der Waals surface area contributed by atoms with Crippen LogP contribution in [0.1, 0.15) is 22.8 Å². The first-order valence-electron chi connectivity index (χ1n) is 10.4. The number of esters is 1. The van der Waals surface area contributed by atoms with Crippen molar-refractivity contribution in [3.8, 4) is 23.3 Å². The Morgan fingerprint density at radius 3 is 2.40 bits per heavy atom. The molecular formula is C26H20BrIN2O5. The van der Waals surface area contributed by atoms with Gasteiger partial charge in [-0.2, -0.15) is 5.26 Å². The van der Waals surface area contributed by atoms with Gasteiger partial charge in [0.25, 0.3) is 5.91 Å². The van der Waals surface area contributed by atoms with Crippen LogP contribution in [0.5, 0.6) is 17.2 Å². The largest absolute Gasteiger partial charge is 0.497 e. The SMILES string of the molecule is CCOc1cc(/C=C(\C#N)C(=O)Nc2ccc(I)cc2)cc(Br)c1OC(=O)c1ccc(OC)cc1. The summed E-state index contributed by atoms with van der Waals surface area (Å²) in [5.41, 5.74) is 1.33. The van der Waals surface area contributed by atoms with Crippen molar-refractivity contribution < 1.29 is 23.8 Å². The molecule has 3 aromatic rings. The zero-order valence-electron chi connectivity index (χ0n) is 18.8. The lowest BCUT2D eigenvalue weighted by Crippen LogP contribution is -2.13. The molecule has 7 nitrogen and oxygen atoms in total. The highest BCUT2D eigenvalue weighted by Crippen LogP contribution is 2.38. The number of anilines is 1. The van der Waals surface area contributed by atoms with Gasteiger partial charge < -0.3 is 19.5 Å². The first-order valence-corrected chi connectivity index (χ1v) is 12.2. The van der Waals surface area contributed by atoms with Gasteiger partial charge in [-0.05, 0) is 118 Å². The summed E-state index contributed by atoms with van der Waals surface area (Å²) in [4.78, 5) is 25.3. The number of halogens is 2. The smallest absolute Gasteiger partial charge is 0.343 e. The molecule has 0 radical (unpaired) electrons. The number of rotatable bonds is 8. The fourth-order valence-corrected chi connectivity index (χ4v) is 3.86. The second kappa shape index (κ2) is 12.4. The molecular weight excluding hydrogens is 627 g/mol. The van der Waals surface area contributed by atoms with Crippen molar-refractivity contribution in [2.24, 2.45) is 0 Å². The third kappa shape index (κ3) is 7.07. The number of carbonyl (C=O) groups is 2. The van der Waals surface area contributed by atoms with E-state index in [1.54, 1.807) is 62.6 Å². The molecule has 0 unspecified atom stereocenters. The Morgan fingerprint density at radius 1 is 1.11 bits per heavy atom. The Balaban J connectivity index is 1.86. The van der Waals surface area contributed by atoms with Crippen molar-refractivity contribution in [2.45, 2.75) is 6.92 Å². The lowest BCUT2D eigenvalue weighted by atomic mass is 10.1. The molecule has 1 N–H and O–H groups in total. The minimum absolute atomic E-state index is 0.0964. The molecule has 35 heavy (non-hydrogen) atoms. The summed E-state index contributed by atoms with van der Waals surface area (Å²) in [6.07, 6.45) is 1.43. The molecule has 0 atom stereocenters. The lowest BCUT2D eigenvalue weighted by molar-refractivity contribution is -0.112. The monoisotopic (exact) mass is 646 g/mol. The second-order valence-electron chi connectivity index (χ2n) is 7.01. The highest BCUT2D eigenvalue weighted by molar-refractivity contribution is 14.1. The Hall–Kier alpha value is -3.36. The van der Waals surface area contributed by atoms with Crippen LogP contribution < -0.4 is 19.5 Å². The molecule has 0 saturated carbocycles. The predicted octanol–water partition coefficient (Wildman–Crippen LogP) is 6.23. The highest BCUT2D eigenvalue weighted by Gasteiger charge is 2.18. The van der Waals surface area contributed by atoms with Crippen LogP contribution in [0.4, 0.5) is 5.69 Å². The second-order valence-corrected chi connectivity index (χ2v) is 9.11. The quantitative estimate of drug-likeness (QED) is 0.103. The van der Waals surface area contributed by atoms with E-state index in [9.17, 15) is 14.9 Å². The van der Waals surface area contributed by atoms with Crippen molar-refractivity contribution in [2.75, 3.05) is 19.0 Å². The summed E-state index contributed by atoms with van der Waals surface area (Å²) in [7, 11) is 1.54. The van der Waals surface area contributed by atoms with E-state index in [0.29, 0.717) is 33.6 Å². The number of nitrogens with zero attached hydrogens (tertiary/aromatic N) is 1. The average Bonchev–Trinajstić information content (AvgIpc) is 2.86. The normalized spacial score (nSPS) is 10.8. The molecule has 0 aliphatic carbocycles. The minimum Gasteiger partial charge on any atom is -0.497 e. The first kappa shape index (κ1) is 26.2. The molecule has 178 valence electrons. The molecule has 0 heterocycles. The molecule has 0 fully saturated rings. The number of methoxy groups -OCH3 is 1. The van der Waals surface area contributed by atoms with Gasteiger partial charge in [-0.1, -0.05) is 0 Å². The third-order valence-corrected chi connectivity index (χ3v) is 5.94. The Labute approximate surface area is 225 Å². The van der Waals surface area contributed by atoms with Crippen molar-refractivity contribution in [3.63, 3.8) is 0 Å². The van der Waals surface area contributed by atoms with E-state index in [1.165, 1.54) is 6.08 Å². The fourth-order valence-electron chi connectivity index (χ4n) is 2.96. The van der Waals surface area contributed by atoms with E-state index in [4.69, 9.17) is 14.2 Å².